The zero-order valence-corrected chi connectivity index (χ0v) is 12.2. The second-order valence-corrected chi connectivity index (χ2v) is 8.64. The van der Waals surface area contributed by atoms with Gasteiger partial charge in [-0.25, -0.2) is 32.4 Å². The fraction of sp³-hybridized carbons (Fsp3) is 0.500. The summed E-state index contributed by atoms with van der Waals surface area (Å²) in [6.45, 7) is 0.106. The van der Waals surface area contributed by atoms with Crippen molar-refractivity contribution in [1.29, 1.82) is 0 Å². The number of aromatic nitrogens is 1. The minimum absolute atomic E-state index is 0.0290. The van der Waals surface area contributed by atoms with Gasteiger partial charge in [0.05, 0.1) is 16.4 Å². The summed E-state index contributed by atoms with van der Waals surface area (Å²) in [5.41, 5.74) is 2.26. The van der Waals surface area contributed by atoms with Gasteiger partial charge in [-0.05, 0) is 18.4 Å². The average Bonchev–Trinajstić information content (AvgIpc) is 2.76. The van der Waals surface area contributed by atoms with Gasteiger partial charge in [-0.1, -0.05) is 0 Å². The molecule has 0 aliphatic carbocycles. The number of rotatable bonds is 5. The molecule has 1 aliphatic heterocycles. The van der Waals surface area contributed by atoms with Crippen LogP contribution in [0.5, 0.6) is 0 Å². The molecule has 112 valence electrons. The number of hydrogen-bond donors (Lipinski definition) is 3. The molecule has 2 heterocycles. The van der Waals surface area contributed by atoms with E-state index in [0.29, 0.717) is 6.42 Å². The lowest BCUT2D eigenvalue weighted by molar-refractivity contribution is 0.543. The molecule has 1 saturated heterocycles. The number of nitrogen functional groups attached to an aromatic ring is 1. The highest BCUT2D eigenvalue weighted by Gasteiger charge is 2.29. The molecule has 0 radical (unpaired) electrons. The maximum absolute atomic E-state index is 12.1. The monoisotopic (exact) mass is 320 g/mol. The van der Waals surface area contributed by atoms with Crippen molar-refractivity contribution in [2.45, 2.75) is 11.3 Å². The van der Waals surface area contributed by atoms with Crippen LogP contribution < -0.4 is 16.0 Å². The molecule has 1 unspecified atom stereocenters. The first-order chi connectivity index (χ1) is 9.32. The van der Waals surface area contributed by atoms with Gasteiger partial charge >= 0.3 is 0 Å². The van der Waals surface area contributed by atoms with E-state index in [1.807, 2.05) is 0 Å². The van der Waals surface area contributed by atoms with E-state index in [2.05, 4.69) is 15.1 Å². The van der Waals surface area contributed by atoms with Crippen LogP contribution in [0.4, 0.5) is 5.82 Å². The van der Waals surface area contributed by atoms with E-state index in [1.54, 1.807) is 0 Å². The van der Waals surface area contributed by atoms with Crippen molar-refractivity contribution >= 4 is 25.7 Å². The molecular weight excluding hydrogens is 304 g/mol. The SMILES string of the molecule is NNc1cc(S(=O)(=O)NCC2CCS(=O)(=O)C2)ccn1. The maximum atomic E-state index is 12.1. The molecule has 2 rings (SSSR count). The van der Waals surface area contributed by atoms with Crippen LogP contribution in [0.3, 0.4) is 0 Å². The predicted molar refractivity (Wildman–Crippen MR) is 74.0 cm³/mol. The van der Waals surface area contributed by atoms with Gasteiger partial charge in [-0.15, -0.1) is 0 Å². The van der Waals surface area contributed by atoms with Gasteiger partial charge in [-0.3, -0.25) is 0 Å². The third-order valence-corrected chi connectivity index (χ3v) is 6.34. The lowest BCUT2D eigenvalue weighted by Gasteiger charge is -2.11. The number of sulfonamides is 1. The van der Waals surface area contributed by atoms with Crippen LogP contribution in [0.15, 0.2) is 23.2 Å². The highest BCUT2D eigenvalue weighted by Crippen LogP contribution is 2.18. The molecule has 20 heavy (non-hydrogen) atoms. The highest BCUT2D eigenvalue weighted by atomic mass is 32.2. The lowest BCUT2D eigenvalue weighted by atomic mass is 10.1. The van der Waals surface area contributed by atoms with Crippen LogP contribution in [0.25, 0.3) is 0 Å². The molecule has 1 aromatic heterocycles. The average molecular weight is 320 g/mol. The summed E-state index contributed by atoms with van der Waals surface area (Å²) in [7, 11) is -6.71. The van der Waals surface area contributed by atoms with E-state index in [-0.39, 0.29) is 34.7 Å². The van der Waals surface area contributed by atoms with E-state index in [0.717, 1.165) is 0 Å². The van der Waals surface area contributed by atoms with Crippen molar-refractivity contribution in [2.24, 2.45) is 11.8 Å². The van der Waals surface area contributed by atoms with Crippen LogP contribution in [-0.2, 0) is 19.9 Å². The van der Waals surface area contributed by atoms with Crippen LogP contribution >= 0.6 is 0 Å². The lowest BCUT2D eigenvalue weighted by Crippen LogP contribution is -2.30. The van der Waals surface area contributed by atoms with Crippen LogP contribution in [0, 0.1) is 5.92 Å². The van der Waals surface area contributed by atoms with E-state index in [9.17, 15) is 16.8 Å². The molecule has 0 spiro atoms. The molecule has 4 N–H and O–H groups in total. The second-order valence-electron chi connectivity index (χ2n) is 4.64. The van der Waals surface area contributed by atoms with Crippen molar-refractivity contribution < 1.29 is 16.8 Å². The molecule has 0 bridgehead atoms. The number of nitrogens with two attached hydrogens (primary N) is 1. The normalized spacial score (nSPS) is 21.8. The molecule has 0 saturated carbocycles. The van der Waals surface area contributed by atoms with E-state index in [1.165, 1.54) is 18.3 Å². The number of nitrogens with zero attached hydrogens (tertiary/aromatic N) is 1. The van der Waals surface area contributed by atoms with Crippen LogP contribution in [-0.4, -0.2) is 39.9 Å². The third-order valence-electron chi connectivity index (χ3n) is 3.08. The summed E-state index contributed by atoms with van der Waals surface area (Å²) >= 11 is 0. The summed E-state index contributed by atoms with van der Waals surface area (Å²) in [6, 6.07) is 2.64. The van der Waals surface area contributed by atoms with Crippen molar-refractivity contribution in [2.75, 3.05) is 23.5 Å². The van der Waals surface area contributed by atoms with Gasteiger partial charge in [-0.2, -0.15) is 0 Å². The Bertz CT molecular complexity index is 687. The number of pyridine rings is 1. The Morgan fingerprint density at radius 3 is 2.80 bits per heavy atom. The summed E-state index contributed by atoms with van der Waals surface area (Å²) < 4.78 is 49.2. The van der Waals surface area contributed by atoms with E-state index < -0.39 is 19.9 Å². The molecule has 1 atom stereocenters. The smallest absolute Gasteiger partial charge is 0.240 e. The topological polar surface area (TPSA) is 131 Å². The molecule has 0 aromatic carbocycles. The Morgan fingerprint density at radius 1 is 1.45 bits per heavy atom. The van der Waals surface area contributed by atoms with Gasteiger partial charge in [0.2, 0.25) is 10.0 Å². The predicted octanol–water partition coefficient (Wildman–Crippen LogP) is -0.920. The summed E-state index contributed by atoms with van der Waals surface area (Å²) in [5.74, 6) is 5.38. The van der Waals surface area contributed by atoms with Crippen molar-refractivity contribution in [3.8, 4) is 0 Å². The molecule has 1 aromatic rings. The standard InChI is InChI=1S/C10H16N4O4S2/c11-14-10-5-9(1-3-12-10)20(17,18)13-6-8-2-4-19(15,16)7-8/h1,3,5,8,13H,2,4,6-7,11H2,(H,12,14). The van der Waals surface area contributed by atoms with Crippen molar-refractivity contribution in [1.82, 2.24) is 9.71 Å². The van der Waals surface area contributed by atoms with Gasteiger partial charge in [0.15, 0.2) is 9.84 Å². The molecule has 0 amide bonds. The number of nitrogens with one attached hydrogen (secondary N) is 2. The molecule has 8 nitrogen and oxygen atoms in total. The minimum Gasteiger partial charge on any atom is -0.308 e. The van der Waals surface area contributed by atoms with Crippen molar-refractivity contribution in [3.05, 3.63) is 18.3 Å². The fourth-order valence-electron chi connectivity index (χ4n) is 2.00. The van der Waals surface area contributed by atoms with E-state index in [4.69, 9.17) is 5.84 Å². The first-order valence-electron chi connectivity index (χ1n) is 5.95. The number of anilines is 1. The first kappa shape index (κ1) is 15.2. The summed E-state index contributed by atoms with van der Waals surface area (Å²) in [6.07, 6.45) is 1.81. The fourth-order valence-corrected chi connectivity index (χ4v) is 4.99. The Hall–Kier alpha value is -1.23. The van der Waals surface area contributed by atoms with Gasteiger partial charge in [0.25, 0.3) is 0 Å². The highest BCUT2D eigenvalue weighted by molar-refractivity contribution is 7.91. The Kier molecular flexibility index (Phi) is 4.28. The van der Waals surface area contributed by atoms with Crippen LogP contribution in [0.2, 0.25) is 0 Å². The summed E-state index contributed by atoms with van der Waals surface area (Å²) in [4.78, 5) is 3.85. The number of sulfone groups is 1. The van der Waals surface area contributed by atoms with Crippen molar-refractivity contribution in [3.63, 3.8) is 0 Å². The largest absolute Gasteiger partial charge is 0.308 e. The summed E-state index contributed by atoms with van der Waals surface area (Å²) in [5, 5.41) is 0. The molecule has 10 heteroatoms. The molecule has 1 fully saturated rings. The maximum Gasteiger partial charge on any atom is 0.240 e. The first-order valence-corrected chi connectivity index (χ1v) is 9.25. The zero-order chi connectivity index (χ0) is 14.8. The Morgan fingerprint density at radius 2 is 2.20 bits per heavy atom. The van der Waals surface area contributed by atoms with Gasteiger partial charge in [0, 0.05) is 18.8 Å². The number of hydrazine groups is 1. The zero-order valence-electron chi connectivity index (χ0n) is 10.6. The number of hydrogen-bond acceptors (Lipinski definition) is 7. The minimum atomic E-state index is -3.70. The van der Waals surface area contributed by atoms with E-state index >= 15 is 0 Å². The third kappa shape index (κ3) is 3.66. The molecule has 1 aliphatic rings. The van der Waals surface area contributed by atoms with Crippen LogP contribution in [0.1, 0.15) is 6.42 Å². The quantitative estimate of drug-likeness (QED) is 0.472. The van der Waals surface area contributed by atoms with Gasteiger partial charge < -0.3 is 5.43 Å². The van der Waals surface area contributed by atoms with Gasteiger partial charge in [0.1, 0.15) is 5.82 Å². The second kappa shape index (κ2) is 5.64. The Labute approximate surface area is 117 Å². The Balaban J connectivity index is 2.04. The molecular formula is C10H16N4O4S2.